The van der Waals surface area contributed by atoms with Crippen LogP contribution in [-0.2, 0) is 6.42 Å². The van der Waals surface area contributed by atoms with Crippen molar-refractivity contribution >= 4 is 0 Å². The van der Waals surface area contributed by atoms with Crippen molar-refractivity contribution < 1.29 is 10.2 Å². The van der Waals surface area contributed by atoms with Crippen molar-refractivity contribution in [1.29, 1.82) is 0 Å². The molecule has 1 saturated carbocycles. The van der Waals surface area contributed by atoms with Crippen LogP contribution in [0.4, 0.5) is 0 Å². The third-order valence-corrected chi connectivity index (χ3v) is 3.74. The summed E-state index contributed by atoms with van der Waals surface area (Å²) in [6.45, 7) is -0.162. The van der Waals surface area contributed by atoms with E-state index in [1.165, 1.54) is 37.7 Å². The molecule has 2 rings (SSSR count). The molecule has 0 heterocycles. The molecule has 0 spiro atoms. The third-order valence-electron chi connectivity index (χ3n) is 3.74. The van der Waals surface area contributed by atoms with Crippen LogP contribution in [0.1, 0.15) is 49.1 Å². The molecule has 2 nitrogen and oxygen atoms in total. The first-order valence-electron chi connectivity index (χ1n) is 6.67. The van der Waals surface area contributed by atoms with Crippen molar-refractivity contribution in [2.24, 2.45) is 0 Å². The number of rotatable bonds is 4. The van der Waals surface area contributed by atoms with Gasteiger partial charge in [-0.3, -0.25) is 0 Å². The Balaban J connectivity index is 1.97. The smallest absolute Gasteiger partial charge is 0.0811 e. The first kappa shape index (κ1) is 12.6. The second-order valence-corrected chi connectivity index (χ2v) is 5.12. The Morgan fingerprint density at radius 2 is 1.71 bits per heavy atom. The minimum Gasteiger partial charge on any atom is -0.394 e. The van der Waals surface area contributed by atoms with Crippen LogP contribution in [0.5, 0.6) is 0 Å². The Labute approximate surface area is 103 Å². The Bertz CT molecular complexity index is 325. The van der Waals surface area contributed by atoms with Crippen LogP contribution in [0, 0.1) is 0 Å². The van der Waals surface area contributed by atoms with Crippen LogP contribution in [0.3, 0.4) is 0 Å². The second kappa shape index (κ2) is 6.18. The summed E-state index contributed by atoms with van der Waals surface area (Å²) in [6.07, 6.45) is 6.65. The van der Waals surface area contributed by atoms with E-state index in [0.29, 0.717) is 6.42 Å². The van der Waals surface area contributed by atoms with Crippen LogP contribution >= 0.6 is 0 Å². The van der Waals surface area contributed by atoms with Crippen molar-refractivity contribution in [1.82, 2.24) is 0 Å². The molecule has 0 radical (unpaired) electrons. The Hall–Kier alpha value is -0.860. The molecule has 0 aromatic heterocycles. The maximum absolute atomic E-state index is 9.38. The monoisotopic (exact) mass is 234 g/mol. The summed E-state index contributed by atoms with van der Waals surface area (Å²) in [5.41, 5.74) is 2.54. The quantitative estimate of drug-likeness (QED) is 0.840. The first-order chi connectivity index (χ1) is 8.29. The number of hydrogen-bond donors (Lipinski definition) is 2. The molecule has 2 N–H and O–H groups in total. The minimum atomic E-state index is -0.629. The van der Waals surface area contributed by atoms with Gasteiger partial charge in [0.25, 0.3) is 0 Å². The molecule has 0 aliphatic heterocycles. The van der Waals surface area contributed by atoms with Gasteiger partial charge < -0.3 is 10.2 Å². The zero-order valence-corrected chi connectivity index (χ0v) is 10.3. The standard InChI is InChI=1S/C15H22O2/c16-11-15(17)10-12-6-8-14(9-7-12)13-4-2-1-3-5-13/h6-9,13,15-17H,1-5,10-11H2. The van der Waals surface area contributed by atoms with Crippen molar-refractivity contribution in [2.75, 3.05) is 6.61 Å². The first-order valence-corrected chi connectivity index (χ1v) is 6.67. The number of aliphatic hydroxyl groups excluding tert-OH is 2. The molecule has 2 heteroatoms. The highest BCUT2D eigenvalue weighted by atomic mass is 16.3. The van der Waals surface area contributed by atoms with Crippen LogP contribution in [-0.4, -0.2) is 22.9 Å². The van der Waals surface area contributed by atoms with E-state index in [4.69, 9.17) is 5.11 Å². The van der Waals surface area contributed by atoms with Crippen LogP contribution < -0.4 is 0 Å². The average Bonchev–Trinajstić information content (AvgIpc) is 2.40. The van der Waals surface area contributed by atoms with Gasteiger partial charge in [0.1, 0.15) is 0 Å². The largest absolute Gasteiger partial charge is 0.394 e. The van der Waals surface area contributed by atoms with Gasteiger partial charge in [-0.2, -0.15) is 0 Å². The van der Waals surface area contributed by atoms with Gasteiger partial charge in [0, 0.05) is 6.42 Å². The van der Waals surface area contributed by atoms with Crippen molar-refractivity contribution in [3.63, 3.8) is 0 Å². The Morgan fingerprint density at radius 1 is 1.06 bits per heavy atom. The van der Waals surface area contributed by atoms with E-state index in [1.54, 1.807) is 0 Å². The molecule has 1 aromatic rings. The van der Waals surface area contributed by atoms with E-state index >= 15 is 0 Å². The Kier molecular flexibility index (Phi) is 4.57. The number of benzene rings is 1. The van der Waals surface area contributed by atoms with Gasteiger partial charge in [-0.1, -0.05) is 43.5 Å². The molecule has 0 amide bonds. The summed E-state index contributed by atoms with van der Waals surface area (Å²) in [5, 5.41) is 18.2. The van der Waals surface area contributed by atoms with Gasteiger partial charge in [-0.15, -0.1) is 0 Å². The lowest BCUT2D eigenvalue weighted by Gasteiger charge is -2.22. The SMILES string of the molecule is OCC(O)Cc1ccc(C2CCCCC2)cc1. The van der Waals surface area contributed by atoms with Crippen molar-refractivity contribution in [3.05, 3.63) is 35.4 Å². The molecule has 1 aliphatic carbocycles. The zero-order chi connectivity index (χ0) is 12.1. The molecular formula is C15H22O2. The van der Waals surface area contributed by atoms with Gasteiger partial charge in [-0.05, 0) is 29.9 Å². The molecule has 17 heavy (non-hydrogen) atoms. The fourth-order valence-electron chi connectivity index (χ4n) is 2.70. The van der Waals surface area contributed by atoms with E-state index in [9.17, 15) is 5.11 Å². The van der Waals surface area contributed by atoms with Crippen molar-refractivity contribution in [3.8, 4) is 0 Å². The van der Waals surface area contributed by atoms with Crippen LogP contribution in [0.2, 0.25) is 0 Å². The predicted octanol–water partition coefficient (Wildman–Crippen LogP) is 2.63. The van der Waals surface area contributed by atoms with E-state index in [0.717, 1.165) is 11.5 Å². The molecule has 0 saturated heterocycles. The lowest BCUT2D eigenvalue weighted by molar-refractivity contribution is 0.0955. The summed E-state index contributed by atoms with van der Waals surface area (Å²) >= 11 is 0. The van der Waals surface area contributed by atoms with E-state index in [2.05, 4.69) is 24.3 Å². The fraction of sp³-hybridized carbons (Fsp3) is 0.600. The topological polar surface area (TPSA) is 40.5 Å². The highest BCUT2D eigenvalue weighted by Crippen LogP contribution is 2.32. The minimum absolute atomic E-state index is 0.162. The fourth-order valence-corrected chi connectivity index (χ4v) is 2.70. The molecule has 1 unspecified atom stereocenters. The van der Waals surface area contributed by atoms with Crippen LogP contribution in [0.15, 0.2) is 24.3 Å². The van der Waals surface area contributed by atoms with Gasteiger partial charge in [0.2, 0.25) is 0 Å². The zero-order valence-electron chi connectivity index (χ0n) is 10.3. The second-order valence-electron chi connectivity index (χ2n) is 5.12. The number of hydrogen-bond acceptors (Lipinski definition) is 2. The summed E-state index contributed by atoms with van der Waals surface area (Å²) < 4.78 is 0. The van der Waals surface area contributed by atoms with Crippen molar-refractivity contribution in [2.45, 2.75) is 50.5 Å². The molecular weight excluding hydrogens is 212 g/mol. The molecule has 1 aromatic carbocycles. The highest BCUT2D eigenvalue weighted by Gasteiger charge is 2.15. The van der Waals surface area contributed by atoms with Gasteiger partial charge in [0.15, 0.2) is 0 Å². The normalized spacial score (nSPS) is 19.2. The lowest BCUT2D eigenvalue weighted by Crippen LogP contribution is -2.15. The molecule has 94 valence electrons. The van der Waals surface area contributed by atoms with E-state index in [-0.39, 0.29) is 6.61 Å². The summed E-state index contributed by atoms with van der Waals surface area (Å²) in [6, 6.07) is 8.55. The summed E-state index contributed by atoms with van der Waals surface area (Å²) in [4.78, 5) is 0. The van der Waals surface area contributed by atoms with Gasteiger partial charge >= 0.3 is 0 Å². The third kappa shape index (κ3) is 3.55. The maximum Gasteiger partial charge on any atom is 0.0811 e. The predicted molar refractivity (Wildman–Crippen MR) is 69.1 cm³/mol. The maximum atomic E-state index is 9.38. The molecule has 1 fully saturated rings. The van der Waals surface area contributed by atoms with E-state index in [1.807, 2.05) is 0 Å². The summed E-state index contributed by atoms with van der Waals surface area (Å²) in [7, 11) is 0. The van der Waals surface area contributed by atoms with Gasteiger partial charge in [0.05, 0.1) is 12.7 Å². The molecule has 0 bridgehead atoms. The van der Waals surface area contributed by atoms with Gasteiger partial charge in [-0.25, -0.2) is 0 Å². The lowest BCUT2D eigenvalue weighted by atomic mass is 9.84. The highest BCUT2D eigenvalue weighted by molar-refractivity contribution is 5.26. The Morgan fingerprint density at radius 3 is 2.29 bits per heavy atom. The van der Waals surface area contributed by atoms with E-state index < -0.39 is 6.10 Å². The summed E-state index contributed by atoms with van der Waals surface area (Å²) in [5.74, 6) is 0.737. The number of aliphatic hydroxyl groups is 2. The average molecular weight is 234 g/mol. The van der Waals surface area contributed by atoms with Crippen LogP contribution in [0.25, 0.3) is 0 Å². The molecule has 1 aliphatic rings. The molecule has 1 atom stereocenters.